The molecule has 0 saturated carbocycles. The number of halogens is 1. The van der Waals surface area contributed by atoms with Gasteiger partial charge in [0.05, 0.1) is 21.8 Å². The summed E-state index contributed by atoms with van der Waals surface area (Å²) in [4.78, 5) is 26.0. The Kier molecular flexibility index (Phi) is 5.48. The second-order valence-corrected chi connectivity index (χ2v) is 7.40. The first-order valence-electron chi connectivity index (χ1n) is 6.26. The van der Waals surface area contributed by atoms with Gasteiger partial charge in [0.25, 0.3) is 5.91 Å². The highest BCUT2D eigenvalue weighted by atomic mass is 79.9. The lowest BCUT2D eigenvalue weighted by Gasteiger charge is -2.15. The summed E-state index contributed by atoms with van der Waals surface area (Å²) in [5.74, 6) is 0.166. The highest BCUT2D eigenvalue weighted by Crippen LogP contribution is 2.22. The number of likely N-dealkylation sites (N-methyl/N-ethyl adjacent to an activating group) is 1. The van der Waals surface area contributed by atoms with E-state index in [2.05, 4.69) is 31.4 Å². The second-order valence-electron chi connectivity index (χ2n) is 4.55. The summed E-state index contributed by atoms with van der Waals surface area (Å²) in [6.45, 7) is 0.221. The highest BCUT2D eigenvalue weighted by Gasteiger charge is 2.16. The molecule has 2 amide bonds. The zero-order valence-electron chi connectivity index (χ0n) is 11.9. The van der Waals surface area contributed by atoms with Gasteiger partial charge in [-0.15, -0.1) is 11.3 Å². The van der Waals surface area contributed by atoms with E-state index in [4.69, 9.17) is 12.2 Å². The van der Waals surface area contributed by atoms with Gasteiger partial charge < -0.3 is 14.8 Å². The number of carbonyl (C=O) groups excluding carboxylic acids is 2. The number of nitrogens with one attached hydrogen (secondary N) is 2. The van der Waals surface area contributed by atoms with Gasteiger partial charge in [-0.05, 0) is 40.3 Å². The van der Waals surface area contributed by atoms with Gasteiger partial charge in [0.1, 0.15) is 0 Å². The molecule has 0 radical (unpaired) electrons. The number of nitrogens with zero attached hydrogens (tertiary/aromatic N) is 3. The molecule has 0 atom stereocenters. The number of aromatic nitrogens is 3. The van der Waals surface area contributed by atoms with Crippen LogP contribution in [0.5, 0.6) is 0 Å². The van der Waals surface area contributed by atoms with Gasteiger partial charge in [0, 0.05) is 14.1 Å². The molecule has 0 aromatic carbocycles. The van der Waals surface area contributed by atoms with Crippen molar-refractivity contribution in [2.45, 2.75) is 6.54 Å². The Morgan fingerprint density at radius 3 is 2.82 bits per heavy atom. The predicted molar refractivity (Wildman–Crippen MR) is 89.2 cm³/mol. The lowest BCUT2D eigenvalue weighted by atomic mass is 10.4. The Balaban J connectivity index is 1.87. The fourth-order valence-electron chi connectivity index (χ4n) is 1.68. The minimum Gasteiger partial charge on any atom is -0.347 e. The molecule has 0 fully saturated rings. The third-order valence-corrected chi connectivity index (χ3v) is 4.90. The zero-order chi connectivity index (χ0) is 16.3. The number of thiophene rings is 1. The smallest absolute Gasteiger partial charge is 0.264 e. The van der Waals surface area contributed by atoms with Crippen LogP contribution in [0.1, 0.15) is 15.5 Å². The van der Waals surface area contributed by atoms with Gasteiger partial charge in [0.15, 0.2) is 10.6 Å². The fourth-order valence-corrected chi connectivity index (χ4v) is 3.21. The van der Waals surface area contributed by atoms with E-state index in [0.717, 1.165) is 3.79 Å². The Morgan fingerprint density at radius 1 is 1.55 bits per heavy atom. The zero-order valence-corrected chi connectivity index (χ0v) is 15.1. The van der Waals surface area contributed by atoms with Crippen LogP contribution in [-0.2, 0) is 18.4 Å². The molecule has 2 rings (SSSR count). The quantitative estimate of drug-likeness (QED) is 0.744. The molecule has 2 aromatic heterocycles. The van der Waals surface area contributed by atoms with Crippen LogP contribution in [0.15, 0.2) is 15.9 Å². The van der Waals surface area contributed by atoms with Crippen LogP contribution >= 0.6 is 39.5 Å². The van der Waals surface area contributed by atoms with Crippen molar-refractivity contribution >= 4 is 51.3 Å². The van der Waals surface area contributed by atoms with Crippen molar-refractivity contribution in [3.05, 3.63) is 31.4 Å². The van der Waals surface area contributed by atoms with Gasteiger partial charge in [-0.1, -0.05) is 0 Å². The van der Waals surface area contributed by atoms with Crippen LogP contribution in [0.4, 0.5) is 0 Å². The second kappa shape index (κ2) is 7.16. The summed E-state index contributed by atoms with van der Waals surface area (Å²) in [5.41, 5.74) is 0. The summed E-state index contributed by atoms with van der Waals surface area (Å²) in [5, 5.41) is 9.35. The van der Waals surface area contributed by atoms with Crippen LogP contribution in [0.2, 0.25) is 0 Å². The lowest BCUT2D eigenvalue weighted by Crippen LogP contribution is -2.38. The van der Waals surface area contributed by atoms with Crippen LogP contribution < -0.4 is 5.32 Å². The average Bonchev–Trinajstić information content (AvgIpc) is 3.04. The van der Waals surface area contributed by atoms with Gasteiger partial charge in [-0.2, -0.15) is 5.10 Å². The van der Waals surface area contributed by atoms with Crippen LogP contribution in [0.25, 0.3) is 0 Å². The Morgan fingerprint density at radius 2 is 2.27 bits per heavy atom. The van der Waals surface area contributed by atoms with Crippen molar-refractivity contribution in [1.29, 1.82) is 0 Å². The Hall–Kier alpha value is -1.52. The first-order valence-corrected chi connectivity index (χ1v) is 8.28. The van der Waals surface area contributed by atoms with Crippen molar-refractivity contribution in [2.75, 3.05) is 13.6 Å². The van der Waals surface area contributed by atoms with E-state index in [1.807, 2.05) is 0 Å². The first kappa shape index (κ1) is 16.8. The monoisotopic (exact) mass is 403 g/mol. The van der Waals surface area contributed by atoms with E-state index in [0.29, 0.717) is 15.5 Å². The molecule has 0 aliphatic carbocycles. The van der Waals surface area contributed by atoms with Crippen molar-refractivity contribution in [1.82, 2.24) is 25.0 Å². The van der Waals surface area contributed by atoms with Crippen molar-refractivity contribution in [3.8, 4) is 0 Å². The molecule has 0 saturated heterocycles. The topological polar surface area (TPSA) is 83.0 Å². The van der Waals surface area contributed by atoms with E-state index < -0.39 is 0 Å². The Labute approximate surface area is 144 Å². The van der Waals surface area contributed by atoms with Crippen molar-refractivity contribution < 1.29 is 9.59 Å². The Bertz CT molecular complexity index is 751. The molecular weight excluding hydrogens is 390 g/mol. The molecule has 22 heavy (non-hydrogen) atoms. The van der Waals surface area contributed by atoms with Gasteiger partial charge in [-0.25, -0.2) is 0 Å². The van der Waals surface area contributed by atoms with Crippen LogP contribution in [-0.4, -0.2) is 45.1 Å². The van der Waals surface area contributed by atoms with Gasteiger partial charge in [0.2, 0.25) is 5.91 Å². The number of carbonyl (C=O) groups is 2. The normalized spacial score (nSPS) is 10.5. The van der Waals surface area contributed by atoms with E-state index in [1.54, 1.807) is 30.8 Å². The first-order chi connectivity index (χ1) is 10.4. The summed E-state index contributed by atoms with van der Waals surface area (Å²) < 4.78 is 3.03. The number of hydrogen-bond donors (Lipinski definition) is 2. The average molecular weight is 404 g/mol. The lowest BCUT2D eigenvalue weighted by molar-refractivity contribution is -0.121. The third-order valence-electron chi connectivity index (χ3n) is 2.93. The van der Waals surface area contributed by atoms with Gasteiger partial charge in [-0.3, -0.25) is 14.7 Å². The highest BCUT2D eigenvalue weighted by molar-refractivity contribution is 9.11. The third kappa shape index (κ3) is 4.02. The van der Waals surface area contributed by atoms with E-state index in [-0.39, 0.29) is 24.9 Å². The van der Waals surface area contributed by atoms with E-state index >= 15 is 0 Å². The minimum absolute atomic E-state index is 0.0246. The molecule has 0 aliphatic rings. The standard InChI is InChI=1S/C12H14BrN5O2S2/c1-17(11(20)7-3-4-8(13)22-7)6-10(19)14-5-9-15-16-12(21)18(9)2/h3-4H,5-6H2,1-2H3,(H,14,19)(H,16,21). The minimum atomic E-state index is -0.264. The number of H-pyrrole nitrogens is 1. The largest absolute Gasteiger partial charge is 0.347 e. The summed E-state index contributed by atoms with van der Waals surface area (Å²) in [6.07, 6.45) is 0. The number of amides is 2. The van der Waals surface area contributed by atoms with Crippen LogP contribution in [0.3, 0.4) is 0 Å². The number of hydrogen-bond acceptors (Lipinski definition) is 5. The molecule has 0 bridgehead atoms. The predicted octanol–water partition coefficient (Wildman–Crippen LogP) is 1.69. The summed E-state index contributed by atoms with van der Waals surface area (Å²) >= 11 is 9.63. The molecule has 0 aliphatic heterocycles. The van der Waals surface area contributed by atoms with E-state index in [9.17, 15) is 9.59 Å². The molecule has 10 heteroatoms. The number of aromatic amines is 1. The molecule has 118 valence electrons. The molecule has 0 unspecified atom stereocenters. The molecular formula is C12H14BrN5O2S2. The molecule has 0 spiro atoms. The molecule has 2 N–H and O–H groups in total. The molecule has 7 nitrogen and oxygen atoms in total. The van der Waals surface area contributed by atoms with Crippen LogP contribution in [0, 0.1) is 4.77 Å². The maximum absolute atomic E-state index is 12.1. The molecule has 2 aromatic rings. The molecule has 2 heterocycles. The SMILES string of the molecule is CN(CC(=O)NCc1n[nH]c(=S)n1C)C(=O)c1ccc(Br)s1. The van der Waals surface area contributed by atoms with Gasteiger partial charge >= 0.3 is 0 Å². The summed E-state index contributed by atoms with van der Waals surface area (Å²) in [7, 11) is 3.35. The summed E-state index contributed by atoms with van der Waals surface area (Å²) in [6, 6.07) is 3.52. The maximum Gasteiger partial charge on any atom is 0.264 e. The van der Waals surface area contributed by atoms with Crippen molar-refractivity contribution in [3.63, 3.8) is 0 Å². The van der Waals surface area contributed by atoms with Crippen molar-refractivity contribution in [2.24, 2.45) is 7.05 Å². The fraction of sp³-hybridized carbons (Fsp3) is 0.333. The maximum atomic E-state index is 12.1. The van der Waals surface area contributed by atoms with E-state index in [1.165, 1.54) is 16.2 Å². The number of rotatable bonds is 5.